The Balaban J connectivity index is 1.68. The van der Waals surface area contributed by atoms with Crippen LogP contribution in [0.5, 0.6) is 23.0 Å². The molecule has 4 rings (SSSR count). The van der Waals surface area contributed by atoms with Crippen molar-refractivity contribution in [2.75, 3.05) is 20.2 Å². The Labute approximate surface area is 178 Å². The molecule has 0 N–H and O–H groups in total. The minimum atomic E-state index is -1.40. The van der Waals surface area contributed by atoms with Crippen molar-refractivity contribution < 1.29 is 38.0 Å². The van der Waals surface area contributed by atoms with Crippen LogP contribution in [0, 0.1) is 11.8 Å². The molecule has 0 saturated heterocycles. The molecule has 2 aliphatic heterocycles. The zero-order valence-corrected chi connectivity index (χ0v) is 17.1. The highest BCUT2D eigenvalue weighted by Crippen LogP contribution is 2.34. The average molecular weight is 424 g/mol. The topological polar surface area (TPSA) is 89.5 Å². The van der Waals surface area contributed by atoms with Crippen LogP contribution in [-0.2, 0) is 25.5 Å². The van der Waals surface area contributed by atoms with Gasteiger partial charge in [-0.25, -0.2) is 0 Å². The van der Waals surface area contributed by atoms with Crippen LogP contribution in [0.3, 0.4) is 0 Å². The zero-order valence-electron chi connectivity index (χ0n) is 17.1. The van der Waals surface area contributed by atoms with Gasteiger partial charge in [-0.1, -0.05) is 12.0 Å². The van der Waals surface area contributed by atoms with E-state index >= 15 is 0 Å². The van der Waals surface area contributed by atoms with Crippen molar-refractivity contribution in [2.24, 2.45) is 0 Å². The third kappa shape index (κ3) is 4.83. The van der Waals surface area contributed by atoms with Crippen LogP contribution in [0.2, 0.25) is 0 Å². The summed E-state index contributed by atoms with van der Waals surface area (Å²) in [6.45, 7) is 2.63. The lowest BCUT2D eigenvalue weighted by Gasteiger charge is -2.27. The normalized spacial score (nSPS) is 14.8. The minimum Gasteiger partial charge on any atom is -0.460 e. The summed E-state index contributed by atoms with van der Waals surface area (Å²) in [4.78, 5) is 23.4. The van der Waals surface area contributed by atoms with Crippen LogP contribution in [0.4, 0.5) is 0 Å². The zero-order chi connectivity index (χ0) is 21.8. The van der Waals surface area contributed by atoms with Gasteiger partial charge in [-0.05, 0) is 41.8 Å². The van der Waals surface area contributed by atoms with Gasteiger partial charge in [0.05, 0.1) is 0 Å². The van der Waals surface area contributed by atoms with Crippen LogP contribution in [0.15, 0.2) is 36.4 Å². The molecule has 1 atom stereocenters. The standard InChI is InChI=1S/C23H20O8/c1-15(24)26-12-23(31-16(2)25,11-18-4-6-20-22(10-18)30-14-28-20)8-7-17-3-5-19-21(9-17)29-13-27-19/h3-6,9-10H,11-14H2,1-2H3. The van der Waals surface area contributed by atoms with E-state index < -0.39 is 17.5 Å². The third-order valence-electron chi connectivity index (χ3n) is 4.58. The van der Waals surface area contributed by atoms with Gasteiger partial charge >= 0.3 is 11.9 Å². The van der Waals surface area contributed by atoms with Crippen molar-refractivity contribution >= 4 is 11.9 Å². The number of esters is 2. The second kappa shape index (κ2) is 8.48. The van der Waals surface area contributed by atoms with Crippen molar-refractivity contribution in [1.82, 2.24) is 0 Å². The van der Waals surface area contributed by atoms with Gasteiger partial charge in [0.25, 0.3) is 0 Å². The molecule has 0 bridgehead atoms. The molecule has 2 aromatic carbocycles. The van der Waals surface area contributed by atoms with Gasteiger partial charge in [0.2, 0.25) is 19.2 Å². The van der Waals surface area contributed by atoms with E-state index in [4.69, 9.17) is 28.4 Å². The molecule has 0 radical (unpaired) electrons. The molecule has 2 aliphatic rings. The number of hydrogen-bond donors (Lipinski definition) is 0. The summed E-state index contributed by atoms with van der Waals surface area (Å²) in [6.07, 6.45) is 0.175. The number of rotatable bonds is 5. The Hall–Kier alpha value is -3.86. The van der Waals surface area contributed by atoms with E-state index in [0.29, 0.717) is 28.6 Å². The molecule has 0 amide bonds. The number of ether oxygens (including phenoxy) is 6. The van der Waals surface area contributed by atoms with E-state index in [9.17, 15) is 9.59 Å². The molecule has 1 unspecified atom stereocenters. The fourth-order valence-corrected chi connectivity index (χ4v) is 3.26. The van der Waals surface area contributed by atoms with Gasteiger partial charge in [-0.15, -0.1) is 0 Å². The van der Waals surface area contributed by atoms with Gasteiger partial charge < -0.3 is 28.4 Å². The molecule has 0 saturated carbocycles. The molecule has 2 aromatic rings. The van der Waals surface area contributed by atoms with Gasteiger partial charge in [0.15, 0.2) is 23.0 Å². The number of carbonyl (C=O) groups is 2. The van der Waals surface area contributed by atoms with Crippen LogP contribution < -0.4 is 18.9 Å². The van der Waals surface area contributed by atoms with E-state index in [-0.39, 0.29) is 26.6 Å². The summed E-state index contributed by atoms with van der Waals surface area (Å²) >= 11 is 0. The molecule has 8 nitrogen and oxygen atoms in total. The van der Waals surface area contributed by atoms with E-state index in [1.807, 2.05) is 6.07 Å². The highest BCUT2D eigenvalue weighted by molar-refractivity contribution is 5.68. The maximum absolute atomic E-state index is 11.9. The minimum absolute atomic E-state index is 0.144. The molecule has 2 heterocycles. The Bertz CT molecular complexity index is 1080. The molecular weight excluding hydrogens is 404 g/mol. The Morgan fingerprint density at radius 1 is 0.903 bits per heavy atom. The number of fused-ring (bicyclic) bond motifs is 2. The fourth-order valence-electron chi connectivity index (χ4n) is 3.26. The van der Waals surface area contributed by atoms with E-state index in [1.54, 1.807) is 30.3 Å². The molecule has 0 fully saturated rings. The fraction of sp³-hybridized carbons (Fsp3) is 0.304. The first kappa shape index (κ1) is 20.4. The van der Waals surface area contributed by atoms with Crippen molar-refractivity contribution in [1.29, 1.82) is 0 Å². The van der Waals surface area contributed by atoms with E-state index in [1.165, 1.54) is 13.8 Å². The second-order valence-corrected chi connectivity index (χ2v) is 7.05. The SMILES string of the molecule is CC(=O)OCC(C#Cc1ccc2c(c1)OCO2)(Cc1ccc2c(c1)OCO2)OC(C)=O. The first-order chi connectivity index (χ1) is 14.9. The van der Waals surface area contributed by atoms with Crippen LogP contribution in [0.25, 0.3) is 0 Å². The molecule has 0 aromatic heterocycles. The molecule has 8 heteroatoms. The summed E-state index contributed by atoms with van der Waals surface area (Å²) in [5.74, 6) is 7.40. The molecular formula is C23H20O8. The van der Waals surface area contributed by atoms with Gasteiger partial charge in [0, 0.05) is 25.8 Å². The summed E-state index contributed by atoms with van der Waals surface area (Å²) in [6, 6.07) is 10.6. The van der Waals surface area contributed by atoms with Gasteiger partial charge in [0.1, 0.15) is 6.61 Å². The quantitative estimate of drug-likeness (QED) is 0.535. The summed E-state index contributed by atoms with van der Waals surface area (Å²) in [7, 11) is 0. The summed E-state index contributed by atoms with van der Waals surface area (Å²) in [5.41, 5.74) is 0.00797. The van der Waals surface area contributed by atoms with E-state index in [2.05, 4.69) is 11.8 Å². The Morgan fingerprint density at radius 3 is 2.23 bits per heavy atom. The van der Waals surface area contributed by atoms with Gasteiger partial charge in [-0.3, -0.25) is 9.59 Å². The van der Waals surface area contributed by atoms with Crippen molar-refractivity contribution in [3.63, 3.8) is 0 Å². The molecule has 0 spiro atoms. The van der Waals surface area contributed by atoms with Crippen LogP contribution in [-0.4, -0.2) is 37.7 Å². The van der Waals surface area contributed by atoms with Crippen molar-refractivity contribution in [3.05, 3.63) is 47.5 Å². The van der Waals surface area contributed by atoms with Crippen molar-refractivity contribution in [2.45, 2.75) is 25.9 Å². The predicted octanol–water partition coefficient (Wildman–Crippen LogP) is 2.60. The summed E-state index contributed by atoms with van der Waals surface area (Å²) in [5, 5.41) is 0. The van der Waals surface area contributed by atoms with Gasteiger partial charge in [-0.2, -0.15) is 0 Å². The third-order valence-corrected chi connectivity index (χ3v) is 4.58. The Kier molecular flexibility index (Phi) is 5.58. The highest BCUT2D eigenvalue weighted by atomic mass is 16.7. The number of carbonyl (C=O) groups excluding carboxylic acids is 2. The molecule has 160 valence electrons. The average Bonchev–Trinajstić information content (AvgIpc) is 3.38. The van der Waals surface area contributed by atoms with Crippen LogP contribution >= 0.6 is 0 Å². The second-order valence-electron chi connectivity index (χ2n) is 7.05. The first-order valence-electron chi connectivity index (χ1n) is 9.57. The maximum Gasteiger partial charge on any atom is 0.304 e. The summed E-state index contributed by atoms with van der Waals surface area (Å²) < 4.78 is 32.3. The molecule has 0 aliphatic carbocycles. The predicted molar refractivity (Wildman–Crippen MR) is 107 cm³/mol. The lowest BCUT2D eigenvalue weighted by molar-refractivity contribution is -0.163. The maximum atomic E-state index is 11.9. The molecule has 31 heavy (non-hydrogen) atoms. The smallest absolute Gasteiger partial charge is 0.304 e. The lowest BCUT2D eigenvalue weighted by atomic mass is 9.94. The van der Waals surface area contributed by atoms with Crippen LogP contribution in [0.1, 0.15) is 25.0 Å². The Morgan fingerprint density at radius 2 is 1.55 bits per heavy atom. The number of hydrogen-bond acceptors (Lipinski definition) is 8. The highest BCUT2D eigenvalue weighted by Gasteiger charge is 2.34. The number of benzene rings is 2. The first-order valence-corrected chi connectivity index (χ1v) is 9.57. The monoisotopic (exact) mass is 424 g/mol. The van der Waals surface area contributed by atoms with Crippen molar-refractivity contribution in [3.8, 4) is 34.8 Å². The largest absolute Gasteiger partial charge is 0.460 e. The van der Waals surface area contributed by atoms with E-state index in [0.717, 1.165) is 5.56 Å². The lowest BCUT2D eigenvalue weighted by Crippen LogP contribution is -2.41.